The number of hydrogen-bond acceptors (Lipinski definition) is 4. The van der Waals surface area contributed by atoms with Gasteiger partial charge in [-0.15, -0.1) is 0 Å². The van der Waals surface area contributed by atoms with Crippen molar-refractivity contribution < 1.29 is 9.53 Å². The number of morpholine rings is 1. The predicted molar refractivity (Wildman–Crippen MR) is 89.7 cm³/mol. The molecule has 0 spiro atoms. The molecule has 122 valence electrons. The molecule has 0 saturated carbocycles. The minimum atomic E-state index is -0.254. The van der Waals surface area contributed by atoms with Crippen LogP contribution >= 0.6 is 11.6 Å². The molecule has 1 amide bonds. The van der Waals surface area contributed by atoms with Crippen LogP contribution in [0.4, 0.5) is 0 Å². The molecule has 2 heterocycles. The largest absolute Gasteiger partial charge is 0.370 e. The number of benzene rings is 1. The second-order valence-electron chi connectivity index (χ2n) is 5.57. The fourth-order valence-corrected chi connectivity index (χ4v) is 2.98. The van der Waals surface area contributed by atoms with Gasteiger partial charge in [0, 0.05) is 17.1 Å². The van der Waals surface area contributed by atoms with Crippen LogP contribution in [0.25, 0.3) is 0 Å². The molecule has 1 aliphatic heterocycles. The van der Waals surface area contributed by atoms with Crippen LogP contribution in [0, 0.1) is 18.3 Å². The van der Waals surface area contributed by atoms with Crippen molar-refractivity contribution in [2.75, 3.05) is 19.7 Å². The summed E-state index contributed by atoms with van der Waals surface area (Å²) in [5, 5.41) is 9.60. The first kappa shape index (κ1) is 16.4. The number of carbonyl (C=O) groups excluding carboxylic acids is 1. The number of aryl methyl sites for hydroxylation is 1. The third-order valence-corrected chi connectivity index (χ3v) is 4.38. The topological polar surface area (TPSA) is 66.2 Å². The highest BCUT2D eigenvalue weighted by atomic mass is 35.5. The van der Waals surface area contributed by atoms with Crippen LogP contribution in [0.1, 0.15) is 33.4 Å². The molecule has 2 aromatic rings. The first-order valence-corrected chi connectivity index (χ1v) is 8.01. The van der Waals surface area contributed by atoms with E-state index in [1.54, 1.807) is 24.0 Å². The molecule has 1 aromatic heterocycles. The average Bonchev–Trinajstić information content (AvgIpc) is 2.61. The molecule has 6 heteroatoms. The maximum Gasteiger partial charge on any atom is 0.272 e. The number of hydrogen-bond donors (Lipinski definition) is 0. The van der Waals surface area contributed by atoms with E-state index in [-0.39, 0.29) is 12.0 Å². The smallest absolute Gasteiger partial charge is 0.272 e. The van der Waals surface area contributed by atoms with Gasteiger partial charge in [0.2, 0.25) is 0 Å². The van der Waals surface area contributed by atoms with Crippen LogP contribution < -0.4 is 0 Å². The van der Waals surface area contributed by atoms with Crippen molar-refractivity contribution in [3.05, 3.63) is 63.9 Å². The Morgan fingerprint density at radius 2 is 2.17 bits per heavy atom. The molecule has 0 bridgehead atoms. The Bertz CT molecular complexity index is 816. The molecule has 0 unspecified atom stereocenters. The van der Waals surface area contributed by atoms with Gasteiger partial charge in [-0.05, 0) is 25.1 Å². The zero-order chi connectivity index (χ0) is 17.1. The Balaban J connectivity index is 1.80. The molecule has 3 rings (SSSR count). The number of amides is 1. The Morgan fingerprint density at radius 1 is 1.38 bits per heavy atom. The third-order valence-electron chi connectivity index (χ3n) is 4.03. The minimum absolute atomic E-state index is 0.164. The second-order valence-corrected chi connectivity index (χ2v) is 5.98. The molecule has 1 aliphatic rings. The number of nitriles is 1. The standard InChI is InChI=1S/C18H16ClN3O2/c1-12-13(10-20)6-7-16(21-12)18(23)22-8-9-24-17(11-22)14-4-2-3-5-15(14)19/h2-7,17H,8-9,11H2,1H3/t17-/m0/s1. The lowest BCUT2D eigenvalue weighted by Gasteiger charge is -2.33. The maximum atomic E-state index is 12.7. The number of carbonyl (C=O) groups is 1. The summed E-state index contributed by atoms with van der Waals surface area (Å²) in [6.45, 7) is 3.09. The van der Waals surface area contributed by atoms with Gasteiger partial charge in [0.25, 0.3) is 5.91 Å². The highest BCUT2D eigenvalue weighted by Gasteiger charge is 2.28. The van der Waals surface area contributed by atoms with E-state index in [0.717, 1.165) is 5.56 Å². The third kappa shape index (κ3) is 3.25. The molecular weight excluding hydrogens is 326 g/mol. The number of nitrogens with zero attached hydrogens (tertiary/aromatic N) is 3. The molecule has 0 radical (unpaired) electrons. The lowest BCUT2D eigenvalue weighted by atomic mass is 10.1. The van der Waals surface area contributed by atoms with Crippen molar-refractivity contribution in [3.8, 4) is 6.07 Å². The normalized spacial score (nSPS) is 17.4. The molecule has 1 saturated heterocycles. The molecule has 1 fully saturated rings. The SMILES string of the molecule is Cc1nc(C(=O)N2CCO[C@H](c3ccccc3Cl)C2)ccc1C#N. The van der Waals surface area contributed by atoms with Crippen LogP contribution in [-0.2, 0) is 4.74 Å². The summed E-state index contributed by atoms with van der Waals surface area (Å²) in [5.41, 5.74) is 2.24. The fourth-order valence-electron chi connectivity index (χ4n) is 2.72. The monoisotopic (exact) mass is 341 g/mol. The van der Waals surface area contributed by atoms with E-state index in [9.17, 15) is 4.79 Å². The fraction of sp³-hybridized carbons (Fsp3) is 0.278. The van der Waals surface area contributed by atoms with Gasteiger partial charge >= 0.3 is 0 Å². The lowest BCUT2D eigenvalue weighted by molar-refractivity contribution is -0.0229. The Labute approximate surface area is 145 Å². The van der Waals surface area contributed by atoms with Crippen molar-refractivity contribution in [1.82, 2.24) is 9.88 Å². The van der Waals surface area contributed by atoms with E-state index in [0.29, 0.717) is 41.7 Å². The predicted octanol–water partition coefficient (Wildman–Crippen LogP) is 3.13. The van der Waals surface area contributed by atoms with Crippen molar-refractivity contribution in [1.29, 1.82) is 5.26 Å². The highest BCUT2D eigenvalue weighted by Crippen LogP contribution is 2.28. The minimum Gasteiger partial charge on any atom is -0.370 e. The van der Waals surface area contributed by atoms with Gasteiger partial charge in [0.1, 0.15) is 17.9 Å². The van der Waals surface area contributed by atoms with Crippen LogP contribution in [0.2, 0.25) is 5.02 Å². The Morgan fingerprint density at radius 3 is 2.88 bits per heavy atom. The zero-order valence-corrected chi connectivity index (χ0v) is 14.0. The molecule has 0 aliphatic carbocycles. The molecule has 1 atom stereocenters. The summed E-state index contributed by atoms with van der Waals surface area (Å²) in [4.78, 5) is 18.7. The summed E-state index contributed by atoms with van der Waals surface area (Å²) < 4.78 is 5.78. The van der Waals surface area contributed by atoms with E-state index in [1.165, 1.54) is 0 Å². The van der Waals surface area contributed by atoms with Crippen molar-refractivity contribution in [2.24, 2.45) is 0 Å². The summed E-state index contributed by atoms with van der Waals surface area (Å²) in [6, 6.07) is 12.8. The van der Waals surface area contributed by atoms with Gasteiger partial charge in [0.15, 0.2) is 0 Å². The van der Waals surface area contributed by atoms with Gasteiger partial charge < -0.3 is 9.64 Å². The van der Waals surface area contributed by atoms with Gasteiger partial charge in [-0.2, -0.15) is 5.26 Å². The first-order valence-electron chi connectivity index (χ1n) is 7.63. The summed E-state index contributed by atoms with van der Waals surface area (Å²) in [7, 11) is 0. The van der Waals surface area contributed by atoms with Gasteiger partial charge in [-0.1, -0.05) is 29.8 Å². The quantitative estimate of drug-likeness (QED) is 0.841. The van der Waals surface area contributed by atoms with Gasteiger partial charge in [-0.3, -0.25) is 4.79 Å². The van der Waals surface area contributed by atoms with E-state index in [4.69, 9.17) is 21.6 Å². The van der Waals surface area contributed by atoms with Crippen LogP contribution in [0.3, 0.4) is 0 Å². The number of pyridine rings is 1. The van der Waals surface area contributed by atoms with E-state index < -0.39 is 0 Å². The van der Waals surface area contributed by atoms with E-state index in [2.05, 4.69) is 11.1 Å². The maximum absolute atomic E-state index is 12.7. The number of rotatable bonds is 2. The first-order chi connectivity index (χ1) is 11.6. The summed E-state index contributed by atoms with van der Waals surface area (Å²) in [5.74, 6) is -0.164. The van der Waals surface area contributed by atoms with Gasteiger partial charge in [0.05, 0.1) is 24.4 Å². The van der Waals surface area contributed by atoms with Crippen LogP contribution in [0.15, 0.2) is 36.4 Å². The summed E-state index contributed by atoms with van der Waals surface area (Å²) in [6.07, 6.45) is -0.254. The average molecular weight is 342 g/mol. The van der Waals surface area contributed by atoms with E-state index in [1.807, 2.05) is 24.3 Å². The second kappa shape index (κ2) is 7.00. The lowest BCUT2D eigenvalue weighted by Crippen LogP contribution is -2.42. The number of aromatic nitrogens is 1. The van der Waals surface area contributed by atoms with Gasteiger partial charge in [-0.25, -0.2) is 4.98 Å². The van der Waals surface area contributed by atoms with Crippen molar-refractivity contribution in [2.45, 2.75) is 13.0 Å². The Kier molecular flexibility index (Phi) is 4.79. The molecular formula is C18H16ClN3O2. The Hall–Kier alpha value is -2.42. The number of halogens is 1. The molecule has 0 N–H and O–H groups in total. The van der Waals surface area contributed by atoms with E-state index >= 15 is 0 Å². The zero-order valence-electron chi connectivity index (χ0n) is 13.2. The van der Waals surface area contributed by atoms with Crippen molar-refractivity contribution in [3.63, 3.8) is 0 Å². The number of ether oxygens (including phenoxy) is 1. The van der Waals surface area contributed by atoms with Crippen LogP contribution in [0.5, 0.6) is 0 Å². The molecule has 1 aromatic carbocycles. The van der Waals surface area contributed by atoms with Crippen LogP contribution in [-0.4, -0.2) is 35.5 Å². The van der Waals surface area contributed by atoms with Crippen molar-refractivity contribution >= 4 is 17.5 Å². The summed E-state index contributed by atoms with van der Waals surface area (Å²) >= 11 is 6.23. The molecule has 5 nitrogen and oxygen atoms in total. The molecule has 24 heavy (non-hydrogen) atoms. The highest BCUT2D eigenvalue weighted by molar-refractivity contribution is 6.31.